The van der Waals surface area contributed by atoms with Crippen molar-refractivity contribution in [3.05, 3.63) is 200 Å². The molecule has 0 saturated carbocycles. The zero-order chi connectivity index (χ0) is 34.4. The van der Waals surface area contributed by atoms with E-state index in [-0.39, 0.29) is 0 Å². The second-order valence-corrected chi connectivity index (χ2v) is 14.3. The van der Waals surface area contributed by atoms with Gasteiger partial charge in [0.25, 0.3) is 0 Å². The number of fused-ring (bicyclic) bond motifs is 6. The molecule has 2 heteroatoms. The van der Waals surface area contributed by atoms with Crippen molar-refractivity contribution < 1.29 is 0 Å². The lowest BCUT2D eigenvalue weighted by atomic mass is 9.92. The van der Waals surface area contributed by atoms with E-state index in [9.17, 15) is 0 Å². The van der Waals surface area contributed by atoms with E-state index in [1.54, 1.807) is 0 Å². The summed E-state index contributed by atoms with van der Waals surface area (Å²) < 4.78 is 2.62. The number of rotatable bonds is 6. The first-order valence-corrected chi connectivity index (χ1v) is 18.6. The standard InChI is InChI=1S/C50H33NS/c1-3-14-34(15-4-1)35-26-28-38(29-27-35)51(48-25-12-11-21-41(48)37-16-5-2-6-17-37)39-30-31-49-46(32-39)47-33-45(43-22-9-10-23-44(43)50(47)52-49)42-24-13-19-36-18-7-8-20-40(36)42/h1-33H. The van der Waals surface area contributed by atoms with Crippen molar-refractivity contribution in [2.24, 2.45) is 0 Å². The lowest BCUT2D eigenvalue weighted by Crippen LogP contribution is -2.11. The maximum absolute atomic E-state index is 2.44. The van der Waals surface area contributed by atoms with Crippen LogP contribution in [0.2, 0.25) is 0 Å². The third kappa shape index (κ3) is 5.16. The molecule has 1 aromatic heterocycles. The molecule has 0 N–H and O–H groups in total. The quantitative estimate of drug-likeness (QED) is 0.169. The number of nitrogens with zero attached hydrogens (tertiary/aromatic N) is 1. The van der Waals surface area contributed by atoms with Gasteiger partial charge < -0.3 is 4.90 Å². The van der Waals surface area contributed by atoms with Gasteiger partial charge in [-0.25, -0.2) is 0 Å². The van der Waals surface area contributed by atoms with Crippen molar-refractivity contribution in [2.45, 2.75) is 0 Å². The van der Waals surface area contributed by atoms with Gasteiger partial charge in [-0.3, -0.25) is 0 Å². The third-order valence-corrected chi connectivity index (χ3v) is 11.5. The Morgan fingerprint density at radius 1 is 0.327 bits per heavy atom. The molecule has 0 fully saturated rings. The maximum Gasteiger partial charge on any atom is 0.0540 e. The number of benzene rings is 9. The van der Waals surface area contributed by atoms with Crippen LogP contribution in [0.3, 0.4) is 0 Å². The van der Waals surface area contributed by atoms with Crippen LogP contribution in [0.1, 0.15) is 0 Å². The van der Waals surface area contributed by atoms with Gasteiger partial charge in [0.05, 0.1) is 5.69 Å². The fourth-order valence-corrected chi connectivity index (χ4v) is 9.00. The maximum atomic E-state index is 2.44. The van der Waals surface area contributed by atoms with Gasteiger partial charge in [0.15, 0.2) is 0 Å². The van der Waals surface area contributed by atoms with E-state index in [1.807, 2.05) is 11.3 Å². The fourth-order valence-electron chi connectivity index (χ4n) is 7.80. The molecular formula is C50H33NS. The predicted octanol–water partition coefficient (Wildman–Crippen LogP) is 14.8. The molecule has 0 amide bonds. The Kier molecular flexibility index (Phi) is 7.41. The monoisotopic (exact) mass is 679 g/mol. The van der Waals surface area contributed by atoms with Gasteiger partial charge in [-0.2, -0.15) is 0 Å². The average Bonchev–Trinajstić information content (AvgIpc) is 3.60. The van der Waals surface area contributed by atoms with E-state index >= 15 is 0 Å². The summed E-state index contributed by atoms with van der Waals surface area (Å²) in [7, 11) is 0. The molecule has 0 bridgehead atoms. The minimum atomic E-state index is 1.11. The Bertz CT molecular complexity index is 2880. The van der Waals surface area contributed by atoms with Gasteiger partial charge in [-0.1, -0.05) is 158 Å². The van der Waals surface area contributed by atoms with E-state index in [0.29, 0.717) is 0 Å². The highest BCUT2D eigenvalue weighted by molar-refractivity contribution is 7.26. The molecule has 0 aliphatic rings. The van der Waals surface area contributed by atoms with Crippen LogP contribution >= 0.6 is 11.3 Å². The van der Waals surface area contributed by atoms with Crippen LogP contribution in [0.4, 0.5) is 17.1 Å². The van der Waals surface area contributed by atoms with E-state index in [2.05, 4.69) is 205 Å². The van der Waals surface area contributed by atoms with Crippen LogP contribution < -0.4 is 4.90 Å². The molecule has 0 radical (unpaired) electrons. The van der Waals surface area contributed by atoms with E-state index in [0.717, 1.165) is 17.1 Å². The molecular weight excluding hydrogens is 647 g/mol. The summed E-state index contributed by atoms with van der Waals surface area (Å²) in [5.41, 5.74) is 10.7. The first kappa shape index (κ1) is 30.4. The largest absolute Gasteiger partial charge is 0.310 e. The van der Waals surface area contributed by atoms with Crippen LogP contribution in [-0.4, -0.2) is 0 Å². The highest BCUT2D eigenvalue weighted by Crippen LogP contribution is 2.47. The van der Waals surface area contributed by atoms with Gasteiger partial charge in [-0.05, 0) is 86.4 Å². The summed E-state index contributed by atoms with van der Waals surface area (Å²) >= 11 is 1.89. The molecule has 1 heterocycles. The number of hydrogen-bond donors (Lipinski definition) is 0. The van der Waals surface area contributed by atoms with E-state index in [4.69, 9.17) is 0 Å². The van der Waals surface area contributed by atoms with Gasteiger partial charge in [0, 0.05) is 42.5 Å². The van der Waals surface area contributed by atoms with Gasteiger partial charge in [0.1, 0.15) is 0 Å². The average molecular weight is 680 g/mol. The first-order chi connectivity index (χ1) is 25.8. The summed E-state index contributed by atoms with van der Waals surface area (Å²) in [6.45, 7) is 0. The molecule has 0 unspecified atom stereocenters. The van der Waals surface area contributed by atoms with Crippen molar-refractivity contribution in [3.63, 3.8) is 0 Å². The van der Waals surface area contributed by atoms with Crippen molar-refractivity contribution in [3.8, 4) is 33.4 Å². The molecule has 0 spiro atoms. The molecule has 9 aromatic carbocycles. The Morgan fingerprint density at radius 2 is 0.923 bits per heavy atom. The number of para-hydroxylation sites is 1. The Balaban J connectivity index is 1.21. The molecule has 10 rings (SSSR count). The van der Waals surface area contributed by atoms with Crippen molar-refractivity contribution in [1.82, 2.24) is 0 Å². The van der Waals surface area contributed by atoms with E-state index in [1.165, 1.54) is 75.1 Å². The minimum absolute atomic E-state index is 1.11. The highest BCUT2D eigenvalue weighted by atomic mass is 32.1. The zero-order valence-electron chi connectivity index (χ0n) is 28.4. The summed E-state index contributed by atoms with van der Waals surface area (Å²) in [5.74, 6) is 0. The fraction of sp³-hybridized carbons (Fsp3) is 0. The molecule has 244 valence electrons. The summed E-state index contributed by atoms with van der Waals surface area (Å²) in [5, 5.41) is 7.68. The molecule has 10 aromatic rings. The lowest BCUT2D eigenvalue weighted by molar-refractivity contribution is 1.29. The number of thiophene rings is 1. The number of anilines is 3. The van der Waals surface area contributed by atoms with Crippen LogP contribution in [0.25, 0.3) is 75.1 Å². The molecule has 0 atom stereocenters. The molecule has 0 aliphatic carbocycles. The smallest absolute Gasteiger partial charge is 0.0540 e. The molecule has 0 saturated heterocycles. The topological polar surface area (TPSA) is 3.24 Å². The first-order valence-electron chi connectivity index (χ1n) is 17.8. The van der Waals surface area contributed by atoms with Crippen molar-refractivity contribution >= 4 is 70.1 Å². The van der Waals surface area contributed by atoms with Crippen molar-refractivity contribution in [1.29, 1.82) is 0 Å². The van der Waals surface area contributed by atoms with Crippen LogP contribution in [0.15, 0.2) is 200 Å². The second-order valence-electron chi connectivity index (χ2n) is 13.3. The summed E-state index contributed by atoms with van der Waals surface area (Å²) in [6, 6.07) is 72.8. The summed E-state index contributed by atoms with van der Waals surface area (Å²) in [6.07, 6.45) is 0. The normalized spacial score (nSPS) is 11.5. The van der Waals surface area contributed by atoms with Crippen LogP contribution in [0, 0.1) is 0 Å². The van der Waals surface area contributed by atoms with Gasteiger partial charge in [0.2, 0.25) is 0 Å². The van der Waals surface area contributed by atoms with Crippen molar-refractivity contribution in [2.75, 3.05) is 4.90 Å². The molecule has 0 aliphatic heterocycles. The lowest BCUT2D eigenvalue weighted by Gasteiger charge is -2.28. The SMILES string of the molecule is c1ccc(-c2ccc(N(c3ccc4sc5c6ccccc6c(-c6cccc7ccccc67)cc5c4c3)c3ccccc3-c3ccccc3)cc2)cc1. The Labute approximate surface area is 307 Å². The van der Waals surface area contributed by atoms with Crippen LogP contribution in [-0.2, 0) is 0 Å². The summed E-state index contributed by atoms with van der Waals surface area (Å²) in [4.78, 5) is 2.42. The van der Waals surface area contributed by atoms with Gasteiger partial charge >= 0.3 is 0 Å². The number of hydrogen-bond acceptors (Lipinski definition) is 2. The Morgan fingerprint density at radius 3 is 1.73 bits per heavy atom. The van der Waals surface area contributed by atoms with E-state index < -0.39 is 0 Å². The molecule has 1 nitrogen and oxygen atoms in total. The van der Waals surface area contributed by atoms with Crippen LogP contribution in [0.5, 0.6) is 0 Å². The minimum Gasteiger partial charge on any atom is -0.310 e. The zero-order valence-corrected chi connectivity index (χ0v) is 29.2. The van der Waals surface area contributed by atoms with Gasteiger partial charge in [-0.15, -0.1) is 11.3 Å². The molecule has 52 heavy (non-hydrogen) atoms. The second kappa shape index (κ2) is 12.7. The third-order valence-electron chi connectivity index (χ3n) is 10.3. The highest BCUT2D eigenvalue weighted by Gasteiger charge is 2.20. The predicted molar refractivity (Wildman–Crippen MR) is 225 cm³/mol. The Hall–Kier alpha value is -6.48.